The zero-order chi connectivity index (χ0) is 30.9. The molecule has 1 aliphatic heterocycles. The molecule has 0 saturated carbocycles. The first kappa shape index (κ1) is 27.1. The molecule has 45 heavy (non-hydrogen) atoms. The van der Waals surface area contributed by atoms with Crippen molar-refractivity contribution in [2.24, 2.45) is 0 Å². The quantitative estimate of drug-likeness (QED) is 0.153. The fourth-order valence-electron chi connectivity index (χ4n) is 7.17. The highest BCUT2D eigenvalue weighted by Gasteiger charge is 2.38. The van der Waals surface area contributed by atoms with Crippen molar-refractivity contribution in [3.63, 3.8) is 0 Å². The first-order valence-electron chi connectivity index (χ1n) is 15.4. The van der Waals surface area contributed by atoms with Crippen molar-refractivity contribution in [1.29, 1.82) is 0 Å². The number of anilines is 3. The summed E-state index contributed by atoms with van der Waals surface area (Å²) in [6, 6.07) is 38.9. The van der Waals surface area contributed by atoms with Gasteiger partial charge in [0, 0.05) is 22.2 Å². The normalized spacial score (nSPS) is 14.8. The van der Waals surface area contributed by atoms with E-state index >= 15 is 0 Å². The van der Waals surface area contributed by atoms with Gasteiger partial charge in [-0.05, 0) is 106 Å². The standard InChI is InChI=1S/C41H31NO3/c1-4-45-30-17-15-29(16-18-30)42-36-12-8-7-11-35(36)41(2,3)38-31-19-13-25(21-28(31)14-20-37(38)42)22-34-39(43)32-23-26-9-5-6-10-27(26)24-33(32)40(34)44/h5-24H,4H2,1-3H3. The van der Waals surface area contributed by atoms with Gasteiger partial charge in [-0.1, -0.05) is 74.5 Å². The number of ketones is 2. The molecule has 218 valence electrons. The van der Waals surface area contributed by atoms with Crippen LogP contribution in [0.15, 0.2) is 121 Å². The van der Waals surface area contributed by atoms with Crippen molar-refractivity contribution >= 4 is 56.2 Å². The second-order valence-electron chi connectivity index (χ2n) is 12.3. The monoisotopic (exact) mass is 585 g/mol. The van der Waals surface area contributed by atoms with E-state index in [1.807, 2.05) is 61.5 Å². The fraction of sp³-hybridized carbons (Fsp3) is 0.122. The number of ether oxygens (including phenoxy) is 1. The predicted molar refractivity (Wildman–Crippen MR) is 183 cm³/mol. The van der Waals surface area contributed by atoms with Crippen LogP contribution in [0.1, 0.15) is 58.2 Å². The van der Waals surface area contributed by atoms with E-state index in [-0.39, 0.29) is 22.6 Å². The van der Waals surface area contributed by atoms with Gasteiger partial charge in [0.05, 0.1) is 23.6 Å². The lowest BCUT2D eigenvalue weighted by molar-refractivity contribution is 0.0990. The van der Waals surface area contributed by atoms with Crippen molar-refractivity contribution < 1.29 is 14.3 Å². The Morgan fingerprint density at radius 1 is 0.689 bits per heavy atom. The third-order valence-corrected chi connectivity index (χ3v) is 9.29. The molecule has 0 atom stereocenters. The number of carbonyl (C=O) groups is 2. The number of para-hydroxylation sites is 1. The molecule has 0 fully saturated rings. The fourth-order valence-corrected chi connectivity index (χ4v) is 7.17. The van der Waals surface area contributed by atoms with Crippen molar-refractivity contribution in [3.05, 3.63) is 149 Å². The lowest BCUT2D eigenvalue weighted by Crippen LogP contribution is -2.30. The minimum atomic E-state index is -0.270. The summed E-state index contributed by atoms with van der Waals surface area (Å²) in [6.45, 7) is 7.18. The molecule has 4 nitrogen and oxygen atoms in total. The molecule has 1 aliphatic carbocycles. The van der Waals surface area contributed by atoms with E-state index in [0.29, 0.717) is 17.7 Å². The molecule has 0 spiro atoms. The van der Waals surface area contributed by atoms with Gasteiger partial charge in [-0.15, -0.1) is 0 Å². The van der Waals surface area contributed by atoms with E-state index in [0.717, 1.165) is 49.9 Å². The van der Waals surface area contributed by atoms with Crippen molar-refractivity contribution in [2.45, 2.75) is 26.2 Å². The third kappa shape index (κ3) is 4.13. The number of rotatable bonds is 4. The molecule has 0 bridgehead atoms. The summed E-state index contributed by atoms with van der Waals surface area (Å²) >= 11 is 0. The van der Waals surface area contributed by atoms with Gasteiger partial charge in [-0.25, -0.2) is 0 Å². The molecule has 0 amide bonds. The summed E-state index contributed by atoms with van der Waals surface area (Å²) in [7, 11) is 0. The zero-order valence-corrected chi connectivity index (χ0v) is 25.4. The van der Waals surface area contributed by atoms with E-state index < -0.39 is 0 Å². The van der Waals surface area contributed by atoms with Crippen molar-refractivity contribution in [2.75, 3.05) is 11.5 Å². The molecule has 6 aromatic rings. The average Bonchev–Trinajstić information content (AvgIpc) is 3.28. The number of nitrogens with zero attached hydrogens (tertiary/aromatic N) is 1. The van der Waals surface area contributed by atoms with E-state index in [4.69, 9.17) is 4.74 Å². The molecule has 6 aromatic carbocycles. The number of Topliss-reactive ketones (excluding diaryl/α,β-unsaturated/α-hetero) is 2. The number of benzene rings is 6. The van der Waals surface area contributed by atoms with Crippen LogP contribution in [0.25, 0.3) is 27.6 Å². The Hall–Kier alpha value is -5.48. The summed E-state index contributed by atoms with van der Waals surface area (Å²) in [4.78, 5) is 29.2. The highest BCUT2D eigenvalue weighted by molar-refractivity contribution is 6.42. The Kier molecular flexibility index (Phi) is 6.04. The van der Waals surface area contributed by atoms with E-state index in [1.165, 1.54) is 11.1 Å². The molecule has 0 unspecified atom stereocenters. The maximum atomic E-state index is 13.4. The SMILES string of the molecule is CCOc1ccc(N2c3ccccc3C(C)(C)c3c2ccc2cc(C=C4C(=O)c5cc6ccccc6cc5C4=O)ccc32)cc1. The molecular formula is C41H31NO3. The van der Waals surface area contributed by atoms with Gasteiger partial charge in [0.2, 0.25) is 0 Å². The van der Waals surface area contributed by atoms with Gasteiger partial charge >= 0.3 is 0 Å². The van der Waals surface area contributed by atoms with Crippen LogP contribution in [0.4, 0.5) is 17.1 Å². The summed E-state index contributed by atoms with van der Waals surface area (Å²) in [5.41, 5.74) is 7.57. The number of fused-ring (bicyclic) bond motifs is 6. The highest BCUT2D eigenvalue weighted by Crippen LogP contribution is 2.54. The maximum Gasteiger partial charge on any atom is 0.197 e. The summed E-state index contributed by atoms with van der Waals surface area (Å²) in [6.07, 6.45) is 1.75. The Morgan fingerprint density at radius 2 is 1.36 bits per heavy atom. The van der Waals surface area contributed by atoms with Crippen LogP contribution < -0.4 is 9.64 Å². The number of carbonyl (C=O) groups excluding carboxylic acids is 2. The van der Waals surface area contributed by atoms with Gasteiger partial charge in [0.25, 0.3) is 0 Å². The minimum Gasteiger partial charge on any atom is -0.494 e. The smallest absolute Gasteiger partial charge is 0.197 e. The molecule has 2 aliphatic rings. The first-order valence-corrected chi connectivity index (χ1v) is 15.4. The van der Waals surface area contributed by atoms with E-state index in [9.17, 15) is 9.59 Å². The second-order valence-corrected chi connectivity index (χ2v) is 12.3. The summed E-state index contributed by atoms with van der Waals surface area (Å²) < 4.78 is 5.72. The van der Waals surface area contributed by atoms with E-state index in [2.05, 4.69) is 79.4 Å². The lowest BCUT2D eigenvalue weighted by atomic mass is 9.71. The van der Waals surface area contributed by atoms with Gasteiger partial charge in [-0.3, -0.25) is 9.59 Å². The number of hydrogen-bond donors (Lipinski definition) is 0. The van der Waals surface area contributed by atoms with Crippen LogP contribution in [0, 0.1) is 0 Å². The second kappa shape index (κ2) is 10.0. The van der Waals surface area contributed by atoms with Crippen LogP contribution in [-0.4, -0.2) is 18.2 Å². The molecule has 0 saturated heterocycles. The summed E-state index contributed by atoms with van der Waals surface area (Å²) in [5.74, 6) is 0.424. The molecule has 0 radical (unpaired) electrons. The maximum absolute atomic E-state index is 13.4. The Balaban J connectivity index is 1.24. The third-order valence-electron chi connectivity index (χ3n) is 9.29. The van der Waals surface area contributed by atoms with Crippen molar-refractivity contribution in [1.82, 2.24) is 0 Å². The molecular weight excluding hydrogens is 554 g/mol. The molecule has 0 N–H and O–H groups in total. The van der Waals surface area contributed by atoms with Gasteiger partial charge in [0.15, 0.2) is 11.6 Å². The van der Waals surface area contributed by atoms with Crippen LogP contribution >= 0.6 is 0 Å². The Morgan fingerprint density at radius 3 is 2.04 bits per heavy atom. The number of hydrogen-bond acceptors (Lipinski definition) is 4. The molecule has 0 aromatic heterocycles. The minimum absolute atomic E-state index is 0.213. The molecule has 1 heterocycles. The largest absolute Gasteiger partial charge is 0.494 e. The van der Waals surface area contributed by atoms with Crippen LogP contribution in [-0.2, 0) is 5.41 Å². The highest BCUT2D eigenvalue weighted by atomic mass is 16.5. The van der Waals surface area contributed by atoms with Crippen LogP contribution in [0.5, 0.6) is 5.75 Å². The topological polar surface area (TPSA) is 46.6 Å². The average molecular weight is 586 g/mol. The van der Waals surface area contributed by atoms with Gasteiger partial charge in [-0.2, -0.15) is 0 Å². The first-order chi connectivity index (χ1) is 21.8. The molecule has 8 rings (SSSR count). The lowest BCUT2D eigenvalue weighted by Gasteiger charge is -2.42. The Labute approximate surface area is 262 Å². The molecule has 4 heteroatoms. The van der Waals surface area contributed by atoms with Crippen LogP contribution in [0.3, 0.4) is 0 Å². The zero-order valence-electron chi connectivity index (χ0n) is 25.4. The van der Waals surface area contributed by atoms with Crippen molar-refractivity contribution in [3.8, 4) is 5.75 Å². The predicted octanol–water partition coefficient (Wildman–Crippen LogP) is 9.96. The van der Waals surface area contributed by atoms with Gasteiger partial charge in [0.1, 0.15) is 5.75 Å². The number of allylic oxidation sites excluding steroid dienone is 1. The Bertz CT molecular complexity index is 2180. The van der Waals surface area contributed by atoms with Gasteiger partial charge < -0.3 is 9.64 Å². The van der Waals surface area contributed by atoms with E-state index in [1.54, 1.807) is 6.08 Å². The van der Waals surface area contributed by atoms with Crippen LogP contribution in [0.2, 0.25) is 0 Å². The summed E-state index contributed by atoms with van der Waals surface area (Å²) in [5, 5.41) is 4.11.